The van der Waals surface area contributed by atoms with Crippen LogP contribution in [0.5, 0.6) is 0 Å². The number of anilines is 1. The van der Waals surface area contributed by atoms with E-state index >= 15 is 0 Å². The van der Waals surface area contributed by atoms with Gasteiger partial charge in [0.2, 0.25) is 5.91 Å². The van der Waals surface area contributed by atoms with Gasteiger partial charge in [-0.15, -0.1) is 11.8 Å². The molecule has 1 aliphatic carbocycles. The maximum atomic E-state index is 13.9. The Hall–Kier alpha value is -2.58. The van der Waals surface area contributed by atoms with E-state index < -0.39 is 12.0 Å². The number of amides is 1. The van der Waals surface area contributed by atoms with Gasteiger partial charge in [0.25, 0.3) is 0 Å². The first-order chi connectivity index (χ1) is 17.3. The van der Waals surface area contributed by atoms with Gasteiger partial charge in [-0.1, -0.05) is 23.7 Å². The summed E-state index contributed by atoms with van der Waals surface area (Å²) in [6, 6.07) is 10.8. The minimum Gasteiger partial charge on any atom is -0.465 e. The van der Waals surface area contributed by atoms with Crippen molar-refractivity contribution in [1.29, 1.82) is 0 Å². The van der Waals surface area contributed by atoms with Crippen molar-refractivity contribution in [2.45, 2.75) is 49.9 Å². The monoisotopic (exact) mass is 529 g/mol. The van der Waals surface area contributed by atoms with Crippen LogP contribution in [-0.2, 0) is 9.53 Å². The quantitative estimate of drug-likeness (QED) is 0.484. The van der Waals surface area contributed by atoms with E-state index in [0.29, 0.717) is 34.8 Å². The standard InChI is InChI=1S/C27H29ClFN3O3S/c1-16-31-23(24(36-16)17-3-6-19(29)7-4-17)25(33)32-12-11-27(9-10-27)14-20(32)15-30-22-8-5-18(28)13-21(22)26(34)35-2/h3-8,13,20,23-24,30H,9-12,14-15H2,1-2H3. The van der Waals surface area contributed by atoms with Gasteiger partial charge in [0.05, 0.1) is 23.0 Å². The number of methoxy groups -OCH3 is 1. The number of rotatable bonds is 6. The fourth-order valence-electron chi connectivity index (χ4n) is 5.33. The lowest BCUT2D eigenvalue weighted by Crippen LogP contribution is -2.53. The van der Waals surface area contributed by atoms with Crippen LogP contribution < -0.4 is 5.32 Å². The van der Waals surface area contributed by atoms with E-state index in [1.165, 1.54) is 32.1 Å². The van der Waals surface area contributed by atoms with Crippen molar-refractivity contribution >= 4 is 46.0 Å². The molecule has 1 N–H and O–H groups in total. The molecular formula is C27H29ClFN3O3S. The van der Waals surface area contributed by atoms with Gasteiger partial charge in [-0.25, -0.2) is 9.18 Å². The number of carbonyl (C=O) groups excluding carboxylic acids is 2. The molecule has 36 heavy (non-hydrogen) atoms. The number of nitrogens with one attached hydrogen (secondary N) is 1. The van der Waals surface area contributed by atoms with E-state index in [2.05, 4.69) is 5.32 Å². The second-order valence-corrected chi connectivity index (χ2v) is 11.7. The highest BCUT2D eigenvalue weighted by Gasteiger charge is 2.50. The number of esters is 1. The lowest BCUT2D eigenvalue weighted by molar-refractivity contribution is -0.136. The summed E-state index contributed by atoms with van der Waals surface area (Å²) in [5.41, 5.74) is 2.20. The van der Waals surface area contributed by atoms with E-state index in [0.717, 1.165) is 23.4 Å². The van der Waals surface area contributed by atoms with Gasteiger partial charge in [-0.3, -0.25) is 9.79 Å². The number of nitrogens with zero attached hydrogens (tertiary/aromatic N) is 2. The fraction of sp³-hybridized carbons (Fsp3) is 0.444. The van der Waals surface area contributed by atoms with Crippen LogP contribution in [0.15, 0.2) is 47.5 Å². The molecule has 3 aliphatic rings. The Morgan fingerprint density at radius 1 is 1.22 bits per heavy atom. The number of hydrogen-bond donors (Lipinski definition) is 1. The van der Waals surface area contributed by atoms with Crippen LogP contribution in [0.25, 0.3) is 0 Å². The van der Waals surface area contributed by atoms with Gasteiger partial charge < -0.3 is 15.0 Å². The van der Waals surface area contributed by atoms with Crippen molar-refractivity contribution in [3.8, 4) is 0 Å². The van der Waals surface area contributed by atoms with E-state index in [9.17, 15) is 14.0 Å². The predicted octanol–water partition coefficient (Wildman–Crippen LogP) is 5.72. The molecule has 2 aliphatic heterocycles. The van der Waals surface area contributed by atoms with E-state index in [1.807, 2.05) is 11.8 Å². The molecular weight excluding hydrogens is 501 g/mol. The molecule has 2 aromatic carbocycles. The van der Waals surface area contributed by atoms with Crippen molar-refractivity contribution in [3.63, 3.8) is 0 Å². The summed E-state index contributed by atoms with van der Waals surface area (Å²) in [7, 11) is 1.34. The average molecular weight is 530 g/mol. The molecule has 1 saturated heterocycles. The molecule has 1 spiro atoms. The largest absolute Gasteiger partial charge is 0.465 e. The summed E-state index contributed by atoms with van der Waals surface area (Å²) in [6.07, 6.45) is 4.29. The molecule has 9 heteroatoms. The number of likely N-dealkylation sites (tertiary alicyclic amines) is 1. The zero-order valence-corrected chi connectivity index (χ0v) is 21.9. The van der Waals surface area contributed by atoms with Crippen molar-refractivity contribution in [1.82, 2.24) is 4.90 Å². The maximum Gasteiger partial charge on any atom is 0.340 e. The van der Waals surface area contributed by atoms with Crippen molar-refractivity contribution < 1.29 is 18.7 Å². The Balaban J connectivity index is 1.37. The van der Waals surface area contributed by atoms with Gasteiger partial charge >= 0.3 is 5.97 Å². The minimum absolute atomic E-state index is 0.000252. The highest BCUT2D eigenvalue weighted by atomic mass is 35.5. The van der Waals surface area contributed by atoms with Gasteiger partial charge in [0, 0.05) is 29.8 Å². The summed E-state index contributed by atoms with van der Waals surface area (Å²) in [6.45, 7) is 3.10. The first-order valence-electron chi connectivity index (χ1n) is 12.2. The molecule has 1 saturated carbocycles. The normalized spacial score (nSPS) is 24.4. The van der Waals surface area contributed by atoms with Crippen LogP contribution >= 0.6 is 23.4 Å². The molecule has 2 fully saturated rings. The molecule has 5 rings (SSSR count). The number of ether oxygens (including phenoxy) is 1. The highest BCUT2D eigenvalue weighted by Crippen LogP contribution is 2.55. The van der Waals surface area contributed by atoms with Gasteiger partial charge in [0.1, 0.15) is 11.9 Å². The molecule has 0 bridgehead atoms. The Kier molecular flexibility index (Phi) is 7.01. The summed E-state index contributed by atoms with van der Waals surface area (Å²) < 4.78 is 18.4. The van der Waals surface area contributed by atoms with Gasteiger partial charge in [-0.2, -0.15) is 0 Å². The Morgan fingerprint density at radius 2 is 1.97 bits per heavy atom. The van der Waals surface area contributed by atoms with Gasteiger partial charge in [0.15, 0.2) is 0 Å². The topological polar surface area (TPSA) is 71.0 Å². The molecule has 3 unspecified atom stereocenters. The lowest BCUT2D eigenvalue weighted by atomic mass is 9.87. The van der Waals surface area contributed by atoms with Crippen LogP contribution in [-0.4, -0.2) is 54.1 Å². The molecule has 0 aromatic heterocycles. The smallest absolute Gasteiger partial charge is 0.340 e. The van der Waals surface area contributed by atoms with Crippen molar-refractivity contribution in [2.24, 2.45) is 10.4 Å². The molecule has 0 radical (unpaired) electrons. The van der Waals surface area contributed by atoms with Crippen molar-refractivity contribution in [3.05, 3.63) is 64.4 Å². The Labute approximate surface area is 219 Å². The predicted molar refractivity (Wildman–Crippen MR) is 141 cm³/mol. The zero-order chi connectivity index (χ0) is 25.4. The summed E-state index contributed by atoms with van der Waals surface area (Å²) >= 11 is 7.67. The number of aliphatic imine (C=N–C) groups is 1. The summed E-state index contributed by atoms with van der Waals surface area (Å²) in [5, 5.41) is 4.52. The molecule has 190 valence electrons. The number of halogens is 2. The Morgan fingerprint density at radius 3 is 2.67 bits per heavy atom. The van der Waals surface area contributed by atoms with Crippen LogP contribution in [0.4, 0.5) is 10.1 Å². The zero-order valence-electron chi connectivity index (χ0n) is 20.3. The third kappa shape index (κ3) is 5.11. The number of benzene rings is 2. The molecule has 3 atom stereocenters. The van der Waals surface area contributed by atoms with E-state index in [-0.39, 0.29) is 23.0 Å². The summed E-state index contributed by atoms with van der Waals surface area (Å²) in [5.74, 6) is -0.766. The molecule has 1 amide bonds. The number of carbonyl (C=O) groups is 2. The second kappa shape index (κ2) is 10.1. The number of piperidine rings is 1. The summed E-state index contributed by atoms with van der Waals surface area (Å²) in [4.78, 5) is 32.9. The van der Waals surface area contributed by atoms with Gasteiger partial charge in [-0.05, 0) is 73.9 Å². The van der Waals surface area contributed by atoms with Crippen LogP contribution in [0.1, 0.15) is 53.8 Å². The Bertz CT molecular complexity index is 1200. The first kappa shape index (κ1) is 25.1. The highest BCUT2D eigenvalue weighted by molar-refractivity contribution is 8.14. The molecule has 6 nitrogen and oxygen atoms in total. The molecule has 2 heterocycles. The average Bonchev–Trinajstić information content (AvgIpc) is 3.51. The van der Waals surface area contributed by atoms with Crippen LogP contribution in [0, 0.1) is 11.2 Å². The SMILES string of the molecule is COC(=O)c1cc(Cl)ccc1NCC1CC2(CCN1C(=O)C1N=C(C)SC1c1ccc(F)cc1)CC2. The van der Waals surface area contributed by atoms with Crippen LogP contribution in [0.3, 0.4) is 0 Å². The third-order valence-corrected chi connectivity index (χ3v) is 8.97. The minimum atomic E-state index is -0.544. The lowest BCUT2D eigenvalue weighted by Gasteiger charge is -2.41. The fourth-order valence-corrected chi connectivity index (χ4v) is 6.65. The molecule has 2 aromatic rings. The third-order valence-electron chi connectivity index (χ3n) is 7.50. The van der Waals surface area contributed by atoms with E-state index in [4.69, 9.17) is 21.3 Å². The van der Waals surface area contributed by atoms with Crippen LogP contribution in [0.2, 0.25) is 5.02 Å². The number of thioether (sulfide) groups is 1. The maximum absolute atomic E-state index is 13.9. The first-order valence-corrected chi connectivity index (χ1v) is 13.4. The second-order valence-electron chi connectivity index (χ2n) is 9.88. The van der Waals surface area contributed by atoms with Crippen molar-refractivity contribution in [2.75, 3.05) is 25.5 Å². The number of hydrogen-bond acceptors (Lipinski definition) is 6. The van der Waals surface area contributed by atoms with E-state index in [1.54, 1.807) is 42.1 Å².